The van der Waals surface area contributed by atoms with Crippen LogP contribution in [0.3, 0.4) is 0 Å². The first-order chi connectivity index (χ1) is 15.4. The number of fused-ring (bicyclic) bond motifs is 3. The van der Waals surface area contributed by atoms with Gasteiger partial charge in [-0.2, -0.15) is 0 Å². The van der Waals surface area contributed by atoms with E-state index in [1.165, 1.54) is 59.5 Å². The Hall–Kier alpha value is -2.46. The second kappa shape index (κ2) is 11.4. The minimum atomic E-state index is 0.621. The molecule has 0 saturated heterocycles. The molecule has 0 radical (unpaired) electrons. The van der Waals surface area contributed by atoms with E-state index in [9.17, 15) is 0 Å². The summed E-state index contributed by atoms with van der Waals surface area (Å²) in [7, 11) is 4.11. The van der Waals surface area contributed by atoms with Gasteiger partial charge >= 0.3 is 0 Å². The molecule has 0 saturated carbocycles. The maximum absolute atomic E-state index is 4.90. The SMILES string of the molecule is CCCCN(C)CC.CNc1nc(Cc2cccc(C)c2)nc2c1C1=CCC(C)C=C1C2. The molecule has 0 fully saturated rings. The zero-order chi connectivity index (χ0) is 23.1. The van der Waals surface area contributed by atoms with Gasteiger partial charge in [0.15, 0.2) is 0 Å². The molecule has 1 N–H and O–H groups in total. The van der Waals surface area contributed by atoms with Crippen molar-refractivity contribution in [2.75, 3.05) is 32.5 Å². The summed E-state index contributed by atoms with van der Waals surface area (Å²) < 4.78 is 0. The Morgan fingerprint density at radius 1 is 1.19 bits per heavy atom. The number of allylic oxidation sites excluding steroid dienone is 4. The molecule has 1 aromatic carbocycles. The minimum absolute atomic E-state index is 0.621. The molecular weight excluding hydrogens is 392 g/mol. The molecule has 2 aromatic rings. The van der Waals surface area contributed by atoms with Crippen LogP contribution in [0.1, 0.15) is 68.2 Å². The summed E-state index contributed by atoms with van der Waals surface area (Å²) in [6.45, 7) is 11.3. The van der Waals surface area contributed by atoms with Crippen molar-refractivity contribution < 1.29 is 0 Å². The smallest absolute Gasteiger partial charge is 0.137 e. The number of nitrogens with one attached hydrogen (secondary N) is 1. The Balaban J connectivity index is 0.000000312. The zero-order valence-electron chi connectivity index (χ0n) is 20.8. The van der Waals surface area contributed by atoms with Gasteiger partial charge < -0.3 is 10.2 Å². The molecule has 0 spiro atoms. The van der Waals surface area contributed by atoms with Crippen LogP contribution in [0.4, 0.5) is 5.82 Å². The molecular formula is C28H40N4. The molecule has 4 heteroatoms. The number of benzene rings is 1. The lowest BCUT2D eigenvalue weighted by atomic mass is 9.92. The minimum Gasteiger partial charge on any atom is -0.373 e. The molecule has 1 heterocycles. The van der Waals surface area contributed by atoms with Crippen LogP contribution in [0.2, 0.25) is 0 Å². The molecule has 1 unspecified atom stereocenters. The summed E-state index contributed by atoms with van der Waals surface area (Å²) in [5, 5.41) is 3.29. The molecule has 2 aliphatic rings. The van der Waals surface area contributed by atoms with Gasteiger partial charge in [0.05, 0.1) is 5.69 Å². The molecule has 0 bridgehead atoms. The van der Waals surface area contributed by atoms with Crippen LogP contribution in [0.25, 0.3) is 5.57 Å². The maximum Gasteiger partial charge on any atom is 0.137 e. The molecule has 1 aromatic heterocycles. The third kappa shape index (κ3) is 6.07. The van der Waals surface area contributed by atoms with Gasteiger partial charge in [-0.25, -0.2) is 9.97 Å². The Morgan fingerprint density at radius 2 is 2.00 bits per heavy atom. The molecule has 1 atom stereocenters. The lowest BCUT2D eigenvalue weighted by Crippen LogP contribution is -2.18. The van der Waals surface area contributed by atoms with Gasteiger partial charge in [-0.1, -0.05) is 69.2 Å². The standard InChI is InChI=1S/C21H23N3.C7H17N/c1-13-5-4-6-15(9-13)11-19-23-18-12-16-10-14(2)7-8-17(16)20(18)21(22-3)24-19;1-4-6-7-8(3)5-2/h4-6,8-10,14H,7,11-12H2,1-3H3,(H,22,23,24);4-7H2,1-3H3. The normalized spacial score (nSPS) is 16.5. The van der Waals surface area contributed by atoms with Gasteiger partial charge in [-0.3, -0.25) is 0 Å². The van der Waals surface area contributed by atoms with E-state index >= 15 is 0 Å². The summed E-state index contributed by atoms with van der Waals surface area (Å²) in [6, 6.07) is 8.58. The number of hydrogen-bond donors (Lipinski definition) is 1. The third-order valence-electron chi connectivity index (χ3n) is 6.30. The predicted molar refractivity (Wildman–Crippen MR) is 137 cm³/mol. The van der Waals surface area contributed by atoms with E-state index in [2.05, 4.69) is 81.4 Å². The summed E-state index contributed by atoms with van der Waals surface area (Å²) in [5.41, 5.74) is 7.68. The molecule has 172 valence electrons. The molecule has 0 amide bonds. The van der Waals surface area contributed by atoms with E-state index in [0.29, 0.717) is 5.92 Å². The first-order valence-electron chi connectivity index (χ1n) is 12.2. The first kappa shape index (κ1) is 24.2. The van der Waals surface area contributed by atoms with Crippen LogP contribution in [0.15, 0.2) is 42.0 Å². The van der Waals surface area contributed by atoms with Crippen LogP contribution in [0.5, 0.6) is 0 Å². The maximum atomic E-state index is 4.90. The number of aryl methyl sites for hydroxylation is 1. The fraction of sp³-hybridized carbons (Fsp3) is 0.500. The molecule has 32 heavy (non-hydrogen) atoms. The fourth-order valence-electron chi connectivity index (χ4n) is 4.35. The highest BCUT2D eigenvalue weighted by molar-refractivity contribution is 5.90. The highest BCUT2D eigenvalue weighted by Crippen LogP contribution is 2.42. The quantitative estimate of drug-likeness (QED) is 0.577. The predicted octanol–water partition coefficient (Wildman–Crippen LogP) is 6.06. The van der Waals surface area contributed by atoms with Crippen LogP contribution in [-0.4, -0.2) is 42.1 Å². The van der Waals surface area contributed by atoms with E-state index in [-0.39, 0.29) is 0 Å². The zero-order valence-corrected chi connectivity index (χ0v) is 20.8. The van der Waals surface area contributed by atoms with Crippen molar-refractivity contribution in [2.45, 2.75) is 59.8 Å². The number of nitrogens with zero attached hydrogens (tertiary/aromatic N) is 3. The van der Waals surface area contributed by atoms with Crippen molar-refractivity contribution in [1.82, 2.24) is 14.9 Å². The lowest BCUT2D eigenvalue weighted by molar-refractivity contribution is 0.346. The van der Waals surface area contributed by atoms with Gasteiger partial charge in [-0.15, -0.1) is 0 Å². The Morgan fingerprint density at radius 3 is 2.69 bits per heavy atom. The highest BCUT2D eigenvalue weighted by Gasteiger charge is 2.29. The third-order valence-corrected chi connectivity index (χ3v) is 6.30. The highest BCUT2D eigenvalue weighted by atomic mass is 15.1. The Kier molecular flexibility index (Phi) is 8.63. The lowest BCUT2D eigenvalue weighted by Gasteiger charge is -2.15. The van der Waals surface area contributed by atoms with Crippen molar-refractivity contribution in [1.29, 1.82) is 0 Å². The Bertz CT molecular complexity index is 973. The van der Waals surface area contributed by atoms with E-state index in [4.69, 9.17) is 9.97 Å². The second-order valence-corrected chi connectivity index (χ2v) is 9.17. The van der Waals surface area contributed by atoms with Crippen molar-refractivity contribution >= 4 is 11.4 Å². The molecule has 4 nitrogen and oxygen atoms in total. The van der Waals surface area contributed by atoms with Crippen LogP contribution < -0.4 is 5.32 Å². The van der Waals surface area contributed by atoms with Gasteiger partial charge in [0.2, 0.25) is 0 Å². The van der Waals surface area contributed by atoms with Gasteiger partial charge in [0.25, 0.3) is 0 Å². The average Bonchev–Trinajstić information content (AvgIpc) is 3.14. The molecule has 2 aliphatic carbocycles. The van der Waals surface area contributed by atoms with Gasteiger partial charge in [-0.05, 0) is 62.5 Å². The summed E-state index contributed by atoms with van der Waals surface area (Å²) in [4.78, 5) is 12.0. The van der Waals surface area contributed by atoms with Gasteiger partial charge in [0.1, 0.15) is 11.6 Å². The van der Waals surface area contributed by atoms with Crippen LogP contribution in [-0.2, 0) is 12.8 Å². The molecule has 4 rings (SSSR count). The number of rotatable bonds is 7. The number of hydrogen-bond acceptors (Lipinski definition) is 4. The number of anilines is 1. The summed E-state index contributed by atoms with van der Waals surface area (Å²) in [6.07, 6.45) is 10.2. The van der Waals surface area contributed by atoms with E-state index in [1.54, 1.807) is 0 Å². The largest absolute Gasteiger partial charge is 0.373 e. The summed E-state index contributed by atoms with van der Waals surface area (Å²) >= 11 is 0. The molecule has 0 aliphatic heterocycles. The van der Waals surface area contributed by atoms with Crippen molar-refractivity contribution in [3.63, 3.8) is 0 Å². The first-order valence-corrected chi connectivity index (χ1v) is 12.2. The Labute approximate surface area is 194 Å². The van der Waals surface area contributed by atoms with Gasteiger partial charge in [0, 0.05) is 25.5 Å². The van der Waals surface area contributed by atoms with Crippen LogP contribution in [0, 0.1) is 12.8 Å². The van der Waals surface area contributed by atoms with Crippen molar-refractivity contribution in [2.24, 2.45) is 5.92 Å². The second-order valence-electron chi connectivity index (χ2n) is 9.17. The topological polar surface area (TPSA) is 41.0 Å². The van der Waals surface area contributed by atoms with E-state index < -0.39 is 0 Å². The van der Waals surface area contributed by atoms with Crippen molar-refractivity contribution in [3.8, 4) is 0 Å². The monoisotopic (exact) mass is 432 g/mol. The van der Waals surface area contributed by atoms with E-state index in [1.807, 2.05) is 7.05 Å². The van der Waals surface area contributed by atoms with Crippen LogP contribution >= 0.6 is 0 Å². The van der Waals surface area contributed by atoms with E-state index in [0.717, 1.165) is 30.9 Å². The fourth-order valence-corrected chi connectivity index (χ4v) is 4.35. The van der Waals surface area contributed by atoms with Crippen molar-refractivity contribution in [3.05, 3.63) is 70.2 Å². The summed E-state index contributed by atoms with van der Waals surface area (Å²) in [5.74, 6) is 2.49. The number of aromatic nitrogens is 2. The number of unbranched alkanes of at least 4 members (excludes halogenated alkanes) is 1. The average molecular weight is 433 g/mol.